The first kappa shape index (κ1) is 20.9. The first-order valence-corrected chi connectivity index (χ1v) is 11.4. The molecular formula is C24H35N5O. The topological polar surface area (TPSA) is 53.4 Å². The minimum Gasteiger partial charge on any atom is -0.385 e. The summed E-state index contributed by atoms with van der Waals surface area (Å²) in [6.07, 6.45) is 6.60. The summed E-state index contributed by atoms with van der Waals surface area (Å²) in [4.78, 5) is 18.1. The Morgan fingerprint density at radius 1 is 1.17 bits per heavy atom. The van der Waals surface area contributed by atoms with Crippen LogP contribution in [0.25, 0.3) is 0 Å². The molecule has 4 rings (SSSR count). The number of nitrogens with zero attached hydrogens (tertiary/aromatic N) is 4. The monoisotopic (exact) mass is 409 g/mol. The second-order valence-electron chi connectivity index (χ2n) is 9.02. The number of nitrogens with one attached hydrogen (secondary N) is 1. The van der Waals surface area contributed by atoms with E-state index >= 15 is 0 Å². The van der Waals surface area contributed by atoms with E-state index in [4.69, 9.17) is 0 Å². The van der Waals surface area contributed by atoms with Gasteiger partial charge in [-0.3, -0.25) is 14.4 Å². The van der Waals surface area contributed by atoms with Gasteiger partial charge in [-0.05, 0) is 57.2 Å². The van der Waals surface area contributed by atoms with Gasteiger partial charge in [0.15, 0.2) is 0 Å². The summed E-state index contributed by atoms with van der Waals surface area (Å²) in [5.41, 5.74) is 3.48. The molecular weight excluding hydrogens is 374 g/mol. The lowest BCUT2D eigenvalue weighted by atomic mass is 10.1. The van der Waals surface area contributed by atoms with Crippen LogP contribution >= 0.6 is 0 Å². The maximum Gasteiger partial charge on any atom is 0.223 e. The second kappa shape index (κ2) is 9.21. The van der Waals surface area contributed by atoms with Crippen LogP contribution in [-0.2, 0) is 24.8 Å². The number of hydrogen-bond acceptors (Lipinski definition) is 4. The SMILES string of the molecule is CC(C)N1[C@H]2CCNc3ccccc3CN(C(=O)CCc3ccnn3C)C[C@@H]1CC2. The number of para-hydroxylation sites is 1. The van der Waals surface area contributed by atoms with Crippen LogP contribution in [0.15, 0.2) is 36.5 Å². The fourth-order valence-electron chi connectivity index (χ4n) is 5.26. The van der Waals surface area contributed by atoms with E-state index in [2.05, 4.69) is 58.3 Å². The van der Waals surface area contributed by atoms with Gasteiger partial charge in [-0.1, -0.05) is 18.2 Å². The largest absolute Gasteiger partial charge is 0.385 e. The maximum atomic E-state index is 13.4. The third-order valence-corrected chi connectivity index (χ3v) is 6.75. The molecule has 1 saturated heterocycles. The number of fused-ring (bicyclic) bond motifs is 3. The number of hydrogen-bond donors (Lipinski definition) is 1. The van der Waals surface area contributed by atoms with Gasteiger partial charge in [0.2, 0.25) is 5.91 Å². The summed E-state index contributed by atoms with van der Waals surface area (Å²) < 4.78 is 1.86. The minimum atomic E-state index is 0.234. The number of rotatable bonds is 4. The van der Waals surface area contributed by atoms with Crippen molar-refractivity contribution in [3.8, 4) is 0 Å². The summed E-state index contributed by atoms with van der Waals surface area (Å²) in [5, 5.41) is 7.88. The highest BCUT2D eigenvalue weighted by atomic mass is 16.2. The number of anilines is 1. The lowest BCUT2D eigenvalue weighted by molar-refractivity contribution is -0.132. The van der Waals surface area contributed by atoms with Gasteiger partial charge in [0.1, 0.15) is 0 Å². The number of amides is 1. The molecule has 1 amide bonds. The molecule has 3 heterocycles. The Labute approximate surface area is 180 Å². The van der Waals surface area contributed by atoms with Gasteiger partial charge in [-0.15, -0.1) is 0 Å². The molecule has 1 aromatic carbocycles. The van der Waals surface area contributed by atoms with E-state index in [-0.39, 0.29) is 5.91 Å². The molecule has 0 radical (unpaired) electrons. The highest BCUT2D eigenvalue weighted by Gasteiger charge is 2.36. The molecule has 0 saturated carbocycles. The minimum absolute atomic E-state index is 0.234. The van der Waals surface area contributed by atoms with Gasteiger partial charge < -0.3 is 10.2 Å². The van der Waals surface area contributed by atoms with Crippen LogP contribution in [0.1, 0.15) is 50.8 Å². The van der Waals surface area contributed by atoms with Gasteiger partial charge in [0.05, 0.1) is 0 Å². The highest BCUT2D eigenvalue weighted by Crippen LogP contribution is 2.31. The van der Waals surface area contributed by atoms with Crippen LogP contribution < -0.4 is 5.32 Å². The molecule has 1 aromatic heterocycles. The van der Waals surface area contributed by atoms with Crippen molar-refractivity contribution >= 4 is 11.6 Å². The summed E-state index contributed by atoms with van der Waals surface area (Å²) in [5.74, 6) is 0.234. The smallest absolute Gasteiger partial charge is 0.223 e. The van der Waals surface area contributed by atoms with E-state index in [1.807, 2.05) is 17.8 Å². The quantitative estimate of drug-likeness (QED) is 0.841. The third-order valence-electron chi connectivity index (χ3n) is 6.75. The third kappa shape index (κ3) is 4.53. The maximum absolute atomic E-state index is 13.4. The van der Waals surface area contributed by atoms with Gasteiger partial charge in [0, 0.05) is 68.8 Å². The standard InChI is InChI=1S/C24H35N5O/c1-18(2)29-21-8-9-22(29)17-28(24(30)11-10-20-13-15-26-27(20)3)16-19-6-4-5-7-23(19)25-14-12-21/h4-7,13,15,18,21-22,25H,8-12,14,16-17H2,1-3H3/t21-,22+/m1/s1. The number of benzene rings is 1. The van der Waals surface area contributed by atoms with E-state index in [1.165, 1.54) is 18.4 Å². The molecule has 162 valence electrons. The summed E-state index contributed by atoms with van der Waals surface area (Å²) in [6, 6.07) is 12.0. The van der Waals surface area contributed by atoms with E-state index in [0.717, 1.165) is 37.3 Å². The molecule has 2 bridgehead atoms. The summed E-state index contributed by atoms with van der Waals surface area (Å²) >= 11 is 0. The van der Waals surface area contributed by atoms with Gasteiger partial charge >= 0.3 is 0 Å². The molecule has 0 spiro atoms. The molecule has 1 N–H and O–H groups in total. The number of aryl methyl sites for hydroxylation is 2. The zero-order valence-electron chi connectivity index (χ0n) is 18.6. The van der Waals surface area contributed by atoms with E-state index in [0.29, 0.717) is 31.1 Å². The first-order chi connectivity index (χ1) is 14.5. The van der Waals surface area contributed by atoms with Crippen molar-refractivity contribution in [2.75, 3.05) is 18.4 Å². The molecule has 30 heavy (non-hydrogen) atoms. The average Bonchev–Trinajstić information content (AvgIpc) is 3.31. The van der Waals surface area contributed by atoms with Gasteiger partial charge in [-0.2, -0.15) is 5.10 Å². The summed E-state index contributed by atoms with van der Waals surface area (Å²) in [6.45, 7) is 7.04. The Morgan fingerprint density at radius 3 is 2.73 bits per heavy atom. The van der Waals surface area contributed by atoms with Crippen molar-refractivity contribution in [2.24, 2.45) is 7.05 Å². The van der Waals surface area contributed by atoms with Crippen LogP contribution in [0, 0.1) is 0 Å². The molecule has 0 unspecified atom stereocenters. The predicted molar refractivity (Wildman–Crippen MR) is 120 cm³/mol. The van der Waals surface area contributed by atoms with Crippen LogP contribution in [0.2, 0.25) is 0 Å². The van der Waals surface area contributed by atoms with E-state index in [9.17, 15) is 4.79 Å². The molecule has 2 aliphatic rings. The van der Waals surface area contributed by atoms with Crippen molar-refractivity contribution < 1.29 is 4.79 Å². The normalized spacial score (nSPS) is 22.5. The molecule has 2 aliphatic heterocycles. The second-order valence-corrected chi connectivity index (χ2v) is 9.02. The van der Waals surface area contributed by atoms with Crippen LogP contribution in [0.4, 0.5) is 5.69 Å². The van der Waals surface area contributed by atoms with Crippen molar-refractivity contribution in [3.63, 3.8) is 0 Å². The van der Waals surface area contributed by atoms with Crippen molar-refractivity contribution in [2.45, 2.75) is 70.6 Å². The Bertz CT molecular complexity index is 861. The van der Waals surface area contributed by atoms with Gasteiger partial charge in [-0.25, -0.2) is 0 Å². The van der Waals surface area contributed by atoms with Gasteiger partial charge in [0.25, 0.3) is 0 Å². The number of carbonyl (C=O) groups is 1. The van der Waals surface area contributed by atoms with E-state index < -0.39 is 0 Å². The van der Waals surface area contributed by atoms with Crippen molar-refractivity contribution in [3.05, 3.63) is 47.8 Å². The van der Waals surface area contributed by atoms with Crippen molar-refractivity contribution in [1.29, 1.82) is 0 Å². The Hall–Kier alpha value is -2.34. The Balaban J connectivity index is 1.57. The van der Waals surface area contributed by atoms with Crippen LogP contribution in [0.3, 0.4) is 0 Å². The Morgan fingerprint density at radius 2 is 1.97 bits per heavy atom. The number of carbonyl (C=O) groups excluding carboxylic acids is 1. The lowest BCUT2D eigenvalue weighted by Crippen LogP contribution is -2.48. The molecule has 6 heteroatoms. The van der Waals surface area contributed by atoms with Crippen LogP contribution in [0.5, 0.6) is 0 Å². The highest BCUT2D eigenvalue weighted by molar-refractivity contribution is 5.76. The predicted octanol–water partition coefficient (Wildman–Crippen LogP) is 3.44. The molecule has 6 nitrogen and oxygen atoms in total. The zero-order chi connectivity index (χ0) is 21.1. The molecule has 1 fully saturated rings. The fraction of sp³-hybridized carbons (Fsp3) is 0.583. The molecule has 0 aliphatic carbocycles. The fourth-order valence-corrected chi connectivity index (χ4v) is 5.26. The zero-order valence-corrected chi connectivity index (χ0v) is 18.6. The Kier molecular flexibility index (Phi) is 6.42. The van der Waals surface area contributed by atoms with Crippen LogP contribution in [-0.4, -0.2) is 56.7 Å². The number of aromatic nitrogens is 2. The van der Waals surface area contributed by atoms with Crippen molar-refractivity contribution in [1.82, 2.24) is 19.6 Å². The van der Waals surface area contributed by atoms with E-state index in [1.54, 1.807) is 6.20 Å². The summed E-state index contributed by atoms with van der Waals surface area (Å²) in [7, 11) is 1.94. The average molecular weight is 410 g/mol. The first-order valence-electron chi connectivity index (χ1n) is 11.4. The lowest BCUT2D eigenvalue weighted by Gasteiger charge is -2.36. The molecule has 2 aromatic rings. The molecule has 2 atom stereocenters.